The molecule has 27 heavy (non-hydrogen) atoms. The van der Waals surface area contributed by atoms with Gasteiger partial charge in [-0.15, -0.1) is 0 Å². The Hall–Kier alpha value is -2.63. The van der Waals surface area contributed by atoms with Gasteiger partial charge in [-0.2, -0.15) is 0 Å². The first-order valence-electron chi connectivity index (χ1n) is 9.66. The van der Waals surface area contributed by atoms with Crippen molar-refractivity contribution in [3.8, 4) is 0 Å². The van der Waals surface area contributed by atoms with E-state index in [1.165, 1.54) is 0 Å². The van der Waals surface area contributed by atoms with Gasteiger partial charge in [0.25, 0.3) is 5.91 Å². The maximum absolute atomic E-state index is 13.0. The minimum Gasteiger partial charge on any atom is -0.365 e. The van der Waals surface area contributed by atoms with Gasteiger partial charge in [0.05, 0.1) is 5.56 Å². The molecule has 4 rings (SSSR count). The van der Waals surface area contributed by atoms with E-state index in [0.717, 1.165) is 55.7 Å². The molecule has 6 nitrogen and oxygen atoms in total. The summed E-state index contributed by atoms with van der Waals surface area (Å²) in [6.45, 7) is 4.77. The molecule has 0 saturated carbocycles. The maximum atomic E-state index is 13.0. The third kappa shape index (κ3) is 3.61. The van der Waals surface area contributed by atoms with Crippen molar-refractivity contribution in [2.24, 2.45) is 5.41 Å². The molecular formula is C21H26N4O2. The van der Waals surface area contributed by atoms with Crippen LogP contribution in [0.5, 0.6) is 0 Å². The number of aromatic amines is 1. The van der Waals surface area contributed by atoms with E-state index in [2.05, 4.69) is 9.97 Å². The molecule has 6 heteroatoms. The highest BCUT2D eigenvalue weighted by atomic mass is 16.2. The van der Waals surface area contributed by atoms with Gasteiger partial charge < -0.3 is 14.8 Å². The molecule has 2 aliphatic rings. The van der Waals surface area contributed by atoms with E-state index in [-0.39, 0.29) is 17.2 Å². The Morgan fingerprint density at radius 1 is 1.30 bits per heavy atom. The number of likely N-dealkylation sites (tertiary alicyclic amines) is 2. The Bertz CT molecular complexity index is 832. The van der Waals surface area contributed by atoms with Crippen LogP contribution >= 0.6 is 0 Å². The summed E-state index contributed by atoms with van der Waals surface area (Å²) < 4.78 is 0. The van der Waals surface area contributed by atoms with Gasteiger partial charge in [0.15, 0.2) is 0 Å². The van der Waals surface area contributed by atoms with Crippen molar-refractivity contribution < 1.29 is 9.59 Å². The molecule has 2 aromatic heterocycles. The lowest BCUT2D eigenvalue weighted by Crippen LogP contribution is -2.54. The highest BCUT2D eigenvalue weighted by molar-refractivity contribution is 5.95. The maximum Gasteiger partial charge on any atom is 0.255 e. The molecule has 142 valence electrons. The number of pyridine rings is 1. The van der Waals surface area contributed by atoms with Gasteiger partial charge in [-0.1, -0.05) is 6.07 Å². The fourth-order valence-electron chi connectivity index (χ4n) is 4.53. The van der Waals surface area contributed by atoms with Crippen molar-refractivity contribution in [2.45, 2.75) is 39.2 Å². The molecule has 4 heterocycles. The molecule has 2 amide bonds. The van der Waals surface area contributed by atoms with Crippen LogP contribution in [0.25, 0.3) is 0 Å². The number of piperidine rings is 2. The molecule has 0 aliphatic carbocycles. The Balaban J connectivity index is 1.49. The quantitative estimate of drug-likeness (QED) is 0.908. The number of carbonyl (C=O) groups excluding carboxylic acids is 2. The molecule has 2 saturated heterocycles. The number of H-pyrrole nitrogens is 1. The van der Waals surface area contributed by atoms with Crippen LogP contribution in [0.1, 0.15) is 47.3 Å². The molecule has 0 unspecified atom stereocenters. The second-order valence-corrected chi connectivity index (χ2v) is 7.96. The highest BCUT2D eigenvalue weighted by Crippen LogP contribution is 2.39. The standard InChI is InChI=1S/C21H26N4O2/c1-16-18(6-10-23-16)20(27)24-11-3-7-21(14-24)8-5-19(26)25(15-21)13-17-4-2-9-22-12-17/h2,4,6,9-10,12,23H,3,5,7-8,11,13-15H2,1H3/t21-/m0/s1. The van der Waals surface area contributed by atoms with Gasteiger partial charge in [-0.25, -0.2) is 0 Å². The Morgan fingerprint density at radius 3 is 2.93 bits per heavy atom. The first kappa shape index (κ1) is 17.8. The van der Waals surface area contributed by atoms with E-state index >= 15 is 0 Å². The van der Waals surface area contributed by atoms with Gasteiger partial charge in [0.1, 0.15) is 0 Å². The van der Waals surface area contributed by atoms with Gasteiger partial charge in [-0.3, -0.25) is 14.6 Å². The summed E-state index contributed by atoms with van der Waals surface area (Å²) >= 11 is 0. The van der Waals surface area contributed by atoms with Crippen molar-refractivity contribution in [1.82, 2.24) is 19.8 Å². The van der Waals surface area contributed by atoms with Crippen molar-refractivity contribution in [3.05, 3.63) is 53.6 Å². The molecule has 0 aromatic carbocycles. The van der Waals surface area contributed by atoms with Crippen LogP contribution in [-0.4, -0.2) is 51.2 Å². The van der Waals surface area contributed by atoms with E-state index in [1.807, 2.05) is 47.3 Å². The summed E-state index contributed by atoms with van der Waals surface area (Å²) in [4.78, 5) is 36.6. The fourth-order valence-corrected chi connectivity index (χ4v) is 4.53. The van der Waals surface area contributed by atoms with E-state index in [9.17, 15) is 9.59 Å². The van der Waals surface area contributed by atoms with Crippen molar-refractivity contribution in [2.75, 3.05) is 19.6 Å². The van der Waals surface area contributed by atoms with E-state index in [1.54, 1.807) is 6.20 Å². The van der Waals surface area contributed by atoms with Crippen LogP contribution in [0.15, 0.2) is 36.8 Å². The van der Waals surface area contributed by atoms with Crippen LogP contribution < -0.4 is 0 Å². The SMILES string of the molecule is Cc1[nH]ccc1C(=O)N1CCC[C@]2(CCC(=O)N(Cc3cccnc3)C2)C1. The average molecular weight is 366 g/mol. The molecule has 2 aromatic rings. The summed E-state index contributed by atoms with van der Waals surface area (Å²) in [6, 6.07) is 5.77. The Labute approximate surface area is 159 Å². The normalized spacial score (nSPS) is 23.1. The molecule has 2 aliphatic heterocycles. The highest BCUT2D eigenvalue weighted by Gasteiger charge is 2.43. The first-order valence-corrected chi connectivity index (χ1v) is 9.66. The Kier molecular flexibility index (Phi) is 4.72. The number of aryl methyl sites for hydroxylation is 1. The number of amides is 2. The van der Waals surface area contributed by atoms with E-state index < -0.39 is 0 Å². The lowest BCUT2D eigenvalue weighted by Gasteiger charge is -2.48. The zero-order valence-electron chi connectivity index (χ0n) is 15.8. The largest absolute Gasteiger partial charge is 0.365 e. The van der Waals surface area contributed by atoms with Crippen molar-refractivity contribution in [1.29, 1.82) is 0 Å². The predicted octanol–water partition coefficient (Wildman–Crippen LogP) is 2.76. The lowest BCUT2D eigenvalue weighted by atomic mass is 9.73. The molecule has 1 atom stereocenters. The van der Waals surface area contributed by atoms with Crippen LogP contribution in [0, 0.1) is 12.3 Å². The molecule has 0 radical (unpaired) electrons. The second kappa shape index (κ2) is 7.18. The molecule has 1 N–H and O–H groups in total. The number of aromatic nitrogens is 2. The summed E-state index contributed by atoms with van der Waals surface area (Å²) in [5.41, 5.74) is 2.73. The van der Waals surface area contributed by atoms with Crippen molar-refractivity contribution in [3.63, 3.8) is 0 Å². The van der Waals surface area contributed by atoms with Gasteiger partial charge >= 0.3 is 0 Å². The topological polar surface area (TPSA) is 69.3 Å². The third-order valence-corrected chi connectivity index (χ3v) is 5.98. The number of nitrogens with one attached hydrogen (secondary N) is 1. The number of carbonyl (C=O) groups is 2. The molecule has 1 spiro atoms. The summed E-state index contributed by atoms with van der Waals surface area (Å²) in [5, 5.41) is 0. The van der Waals surface area contributed by atoms with Crippen LogP contribution in [0.2, 0.25) is 0 Å². The predicted molar refractivity (Wildman–Crippen MR) is 102 cm³/mol. The molecular weight excluding hydrogens is 340 g/mol. The minimum absolute atomic E-state index is 0.00818. The smallest absolute Gasteiger partial charge is 0.255 e. The zero-order chi connectivity index (χ0) is 18.9. The Morgan fingerprint density at radius 2 is 2.19 bits per heavy atom. The fraction of sp³-hybridized carbons (Fsp3) is 0.476. The number of rotatable bonds is 3. The number of hydrogen-bond donors (Lipinski definition) is 1. The van der Waals surface area contributed by atoms with Crippen LogP contribution in [0.4, 0.5) is 0 Å². The van der Waals surface area contributed by atoms with E-state index in [4.69, 9.17) is 0 Å². The van der Waals surface area contributed by atoms with Gasteiger partial charge in [0.2, 0.25) is 5.91 Å². The molecule has 2 fully saturated rings. The van der Waals surface area contributed by atoms with Gasteiger partial charge in [-0.05, 0) is 43.9 Å². The van der Waals surface area contributed by atoms with Crippen LogP contribution in [-0.2, 0) is 11.3 Å². The van der Waals surface area contributed by atoms with Crippen LogP contribution in [0.3, 0.4) is 0 Å². The zero-order valence-corrected chi connectivity index (χ0v) is 15.8. The van der Waals surface area contributed by atoms with Crippen molar-refractivity contribution >= 4 is 11.8 Å². The lowest BCUT2D eigenvalue weighted by molar-refractivity contribution is -0.139. The van der Waals surface area contributed by atoms with E-state index in [0.29, 0.717) is 13.0 Å². The summed E-state index contributed by atoms with van der Waals surface area (Å²) in [6.07, 6.45) is 8.87. The minimum atomic E-state index is 0.00818. The first-order chi connectivity index (χ1) is 13.1. The third-order valence-electron chi connectivity index (χ3n) is 5.98. The number of nitrogens with zero attached hydrogens (tertiary/aromatic N) is 3. The second-order valence-electron chi connectivity index (χ2n) is 7.96. The average Bonchev–Trinajstić information content (AvgIpc) is 3.11. The van der Waals surface area contributed by atoms with Gasteiger partial charge in [0, 0.05) is 62.3 Å². The summed E-state index contributed by atoms with van der Waals surface area (Å²) in [7, 11) is 0. The molecule has 0 bridgehead atoms. The monoisotopic (exact) mass is 366 g/mol. The summed E-state index contributed by atoms with van der Waals surface area (Å²) in [5.74, 6) is 0.304. The number of hydrogen-bond acceptors (Lipinski definition) is 3.